The van der Waals surface area contributed by atoms with Gasteiger partial charge in [-0.05, 0) is 70.2 Å². The molecule has 2 amide bonds. The Hall–Kier alpha value is -2.25. The number of amides is 2. The number of ether oxygens (including phenoxy) is 1. The number of hydrogen-bond acceptors (Lipinski definition) is 3. The molecule has 200 valence electrons. The summed E-state index contributed by atoms with van der Waals surface area (Å²) in [5, 5.41) is 4.53. The van der Waals surface area contributed by atoms with Crippen molar-refractivity contribution in [2.75, 3.05) is 6.61 Å². The van der Waals surface area contributed by atoms with Crippen LogP contribution in [-0.2, 0) is 22.6 Å². The summed E-state index contributed by atoms with van der Waals surface area (Å²) in [5.41, 5.74) is 1.71. The Kier molecular flexibility index (Phi) is 10.4. The molecule has 0 bridgehead atoms. The minimum Gasteiger partial charge on any atom is -0.483 e. The van der Waals surface area contributed by atoms with Crippen LogP contribution in [0, 0.1) is 0 Å². The van der Waals surface area contributed by atoms with Crippen LogP contribution in [0.1, 0.15) is 36.8 Å². The normalized spacial score (nSPS) is 14.2. The first-order chi connectivity index (χ1) is 18.3. The van der Waals surface area contributed by atoms with E-state index in [0.29, 0.717) is 31.7 Å². The maximum absolute atomic E-state index is 13.7. The zero-order valence-corrected chi connectivity index (χ0v) is 24.5. The summed E-state index contributed by atoms with van der Waals surface area (Å²) >= 11 is 21.9. The number of benzene rings is 3. The van der Waals surface area contributed by atoms with Gasteiger partial charge < -0.3 is 15.0 Å². The van der Waals surface area contributed by atoms with Crippen molar-refractivity contribution in [2.45, 2.75) is 50.7 Å². The van der Waals surface area contributed by atoms with Gasteiger partial charge in [0, 0.05) is 24.0 Å². The fourth-order valence-electron chi connectivity index (χ4n) is 4.57. The highest BCUT2D eigenvalue weighted by atomic mass is 79.9. The molecular formula is C29H28BrCl3N2O3. The van der Waals surface area contributed by atoms with Crippen molar-refractivity contribution in [3.8, 4) is 5.75 Å². The number of halogens is 4. The molecule has 5 nitrogen and oxygen atoms in total. The average molecular weight is 639 g/mol. The fraction of sp³-hybridized carbons (Fsp3) is 0.310. The number of nitrogens with one attached hydrogen (secondary N) is 1. The van der Waals surface area contributed by atoms with E-state index in [4.69, 9.17) is 39.5 Å². The maximum atomic E-state index is 13.7. The monoisotopic (exact) mass is 636 g/mol. The molecule has 0 heterocycles. The highest BCUT2D eigenvalue weighted by Gasteiger charge is 2.32. The second-order valence-electron chi connectivity index (χ2n) is 9.33. The van der Waals surface area contributed by atoms with Gasteiger partial charge in [0.1, 0.15) is 11.8 Å². The van der Waals surface area contributed by atoms with Gasteiger partial charge >= 0.3 is 0 Å². The second kappa shape index (κ2) is 13.7. The zero-order chi connectivity index (χ0) is 27.1. The fourth-order valence-corrected chi connectivity index (χ4v) is 5.69. The Morgan fingerprint density at radius 1 is 0.947 bits per heavy atom. The Morgan fingerprint density at radius 2 is 1.68 bits per heavy atom. The third-order valence-corrected chi connectivity index (χ3v) is 8.15. The number of hydrogen-bond donors (Lipinski definition) is 1. The first kappa shape index (κ1) is 28.8. The van der Waals surface area contributed by atoms with Gasteiger partial charge in [-0.15, -0.1) is 0 Å². The SMILES string of the molecule is O=C(NC1CCCC1)[C@@H](Cc1ccccc1)N(Cc1ccc(Cl)c(Cl)c1)C(=O)COc1ccc(Cl)cc1Br. The van der Waals surface area contributed by atoms with Crippen LogP contribution < -0.4 is 10.1 Å². The quantitative estimate of drug-likeness (QED) is 0.251. The van der Waals surface area contributed by atoms with E-state index in [1.54, 1.807) is 41.3 Å². The van der Waals surface area contributed by atoms with Crippen LogP contribution in [0.2, 0.25) is 15.1 Å². The van der Waals surface area contributed by atoms with Crippen LogP contribution in [0.4, 0.5) is 0 Å². The molecular weight excluding hydrogens is 611 g/mol. The van der Waals surface area contributed by atoms with Crippen LogP contribution in [0.5, 0.6) is 5.75 Å². The van der Waals surface area contributed by atoms with Gasteiger partial charge in [-0.1, -0.05) is 84.0 Å². The summed E-state index contributed by atoms with van der Waals surface area (Å²) in [7, 11) is 0. The van der Waals surface area contributed by atoms with Crippen molar-refractivity contribution in [2.24, 2.45) is 0 Å². The third-order valence-electron chi connectivity index (χ3n) is 6.55. The van der Waals surface area contributed by atoms with Gasteiger partial charge in [-0.3, -0.25) is 9.59 Å². The number of rotatable bonds is 10. The van der Waals surface area contributed by atoms with E-state index in [-0.39, 0.29) is 31.0 Å². The first-order valence-corrected chi connectivity index (χ1v) is 14.4. The minimum atomic E-state index is -0.753. The van der Waals surface area contributed by atoms with Crippen molar-refractivity contribution in [1.82, 2.24) is 10.2 Å². The second-order valence-corrected chi connectivity index (χ2v) is 11.4. The van der Waals surface area contributed by atoms with E-state index in [2.05, 4.69) is 21.2 Å². The van der Waals surface area contributed by atoms with Crippen molar-refractivity contribution in [3.63, 3.8) is 0 Å². The Morgan fingerprint density at radius 3 is 2.37 bits per heavy atom. The molecule has 1 aliphatic rings. The summed E-state index contributed by atoms with van der Waals surface area (Å²) in [5.74, 6) is -0.0329. The smallest absolute Gasteiger partial charge is 0.261 e. The largest absolute Gasteiger partial charge is 0.483 e. The molecule has 3 aromatic carbocycles. The molecule has 0 unspecified atom stereocenters. The summed E-state index contributed by atoms with van der Waals surface area (Å²) in [4.78, 5) is 29.0. The van der Waals surface area contributed by atoms with E-state index >= 15 is 0 Å². The summed E-state index contributed by atoms with van der Waals surface area (Å²) in [6.07, 6.45) is 4.42. The van der Waals surface area contributed by atoms with E-state index < -0.39 is 6.04 Å². The molecule has 3 aromatic rings. The minimum absolute atomic E-state index is 0.115. The molecule has 0 radical (unpaired) electrons. The highest BCUT2D eigenvalue weighted by Crippen LogP contribution is 2.29. The number of nitrogens with zero attached hydrogens (tertiary/aromatic N) is 1. The molecule has 9 heteroatoms. The first-order valence-electron chi connectivity index (χ1n) is 12.5. The van der Waals surface area contributed by atoms with Gasteiger partial charge in [0.15, 0.2) is 6.61 Å². The Labute approximate surface area is 246 Å². The summed E-state index contributed by atoms with van der Waals surface area (Å²) in [6.45, 7) is -0.0972. The summed E-state index contributed by atoms with van der Waals surface area (Å²) < 4.78 is 6.49. The van der Waals surface area contributed by atoms with E-state index in [1.807, 2.05) is 30.3 Å². The molecule has 4 rings (SSSR count). The van der Waals surface area contributed by atoms with Crippen LogP contribution in [0.15, 0.2) is 71.2 Å². The zero-order valence-electron chi connectivity index (χ0n) is 20.6. The predicted molar refractivity (Wildman–Crippen MR) is 156 cm³/mol. The van der Waals surface area contributed by atoms with Crippen molar-refractivity contribution >= 4 is 62.5 Å². The standard InChI is InChI=1S/C29H28BrCl3N2O3/c30-23-16-21(31)11-13-27(23)38-18-28(36)35(17-20-10-12-24(32)25(33)14-20)26(15-19-6-2-1-3-7-19)29(37)34-22-8-4-5-9-22/h1-3,6-7,10-14,16,22,26H,4-5,8-9,15,17-18H2,(H,34,37)/t26-/m1/s1. The van der Waals surface area contributed by atoms with Crippen molar-refractivity contribution < 1.29 is 14.3 Å². The average Bonchev–Trinajstić information content (AvgIpc) is 3.41. The maximum Gasteiger partial charge on any atom is 0.261 e. The molecule has 38 heavy (non-hydrogen) atoms. The Bertz CT molecular complexity index is 1270. The van der Waals surface area contributed by atoms with Gasteiger partial charge in [0.05, 0.1) is 14.5 Å². The number of carbonyl (C=O) groups excluding carboxylic acids is 2. The molecule has 0 aliphatic heterocycles. The molecule has 0 aromatic heterocycles. The van der Waals surface area contributed by atoms with Gasteiger partial charge in [-0.25, -0.2) is 0 Å². The molecule has 1 atom stereocenters. The lowest BCUT2D eigenvalue weighted by Crippen LogP contribution is -2.53. The van der Waals surface area contributed by atoms with Gasteiger partial charge in [-0.2, -0.15) is 0 Å². The van der Waals surface area contributed by atoms with Crippen LogP contribution in [-0.4, -0.2) is 35.4 Å². The lowest BCUT2D eigenvalue weighted by atomic mass is 10.0. The van der Waals surface area contributed by atoms with Crippen molar-refractivity contribution in [3.05, 3.63) is 97.4 Å². The highest BCUT2D eigenvalue weighted by molar-refractivity contribution is 9.10. The third kappa shape index (κ3) is 7.89. The summed E-state index contributed by atoms with van der Waals surface area (Å²) in [6, 6.07) is 19.3. The lowest BCUT2D eigenvalue weighted by molar-refractivity contribution is -0.143. The van der Waals surface area contributed by atoms with Gasteiger partial charge in [0.2, 0.25) is 5.91 Å². The van der Waals surface area contributed by atoms with Crippen LogP contribution in [0.3, 0.4) is 0 Å². The van der Waals surface area contributed by atoms with Crippen LogP contribution in [0.25, 0.3) is 0 Å². The molecule has 1 saturated carbocycles. The topological polar surface area (TPSA) is 58.6 Å². The van der Waals surface area contributed by atoms with Gasteiger partial charge in [0.25, 0.3) is 5.91 Å². The molecule has 1 aliphatic carbocycles. The Balaban J connectivity index is 1.63. The van der Waals surface area contributed by atoms with E-state index in [1.165, 1.54) is 0 Å². The van der Waals surface area contributed by atoms with E-state index in [0.717, 1.165) is 36.8 Å². The number of carbonyl (C=O) groups is 2. The van der Waals surface area contributed by atoms with E-state index in [9.17, 15) is 9.59 Å². The molecule has 0 saturated heterocycles. The molecule has 1 N–H and O–H groups in total. The molecule has 0 spiro atoms. The van der Waals surface area contributed by atoms with Crippen molar-refractivity contribution in [1.29, 1.82) is 0 Å². The van der Waals surface area contributed by atoms with Crippen LogP contribution >= 0.6 is 50.7 Å². The lowest BCUT2D eigenvalue weighted by Gasteiger charge is -2.32. The molecule has 1 fully saturated rings. The predicted octanol–water partition coefficient (Wildman–Crippen LogP) is 7.49.